The molecule has 0 saturated heterocycles. The zero-order valence-corrected chi connectivity index (χ0v) is 10.2. The molecule has 0 saturated carbocycles. The molecule has 0 bridgehead atoms. The first-order valence-corrected chi connectivity index (χ1v) is 5.38. The molecule has 0 aliphatic rings. The molecule has 18 heavy (non-hydrogen) atoms. The van der Waals surface area contributed by atoms with Gasteiger partial charge < -0.3 is 15.8 Å². The number of amides is 1. The molecule has 1 aromatic rings. The van der Waals surface area contributed by atoms with Gasteiger partial charge in [0.2, 0.25) is 5.91 Å². The average Bonchev–Trinajstić information content (AvgIpc) is 2.37. The number of nitrogens with one attached hydrogen (secondary N) is 1. The quantitative estimate of drug-likeness (QED) is 0.607. The maximum Gasteiger partial charge on any atom is 0.273 e. The number of carbonyl (C=O) groups is 1. The molecule has 0 unspecified atom stereocenters. The summed E-state index contributed by atoms with van der Waals surface area (Å²) >= 11 is 0. The van der Waals surface area contributed by atoms with Crippen molar-refractivity contribution in [3.05, 3.63) is 28.3 Å². The SMILES string of the molecule is CC[C@H](N)C(=O)Nc1ccc([N+](=O)[O-])cc1OC. The van der Waals surface area contributed by atoms with Crippen molar-refractivity contribution < 1.29 is 14.5 Å². The molecule has 1 rings (SSSR count). The van der Waals surface area contributed by atoms with E-state index >= 15 is 0 Å². The highest BCUT2D eigenvalue weighted by molar-refractivity contribution is 5.96. The normalized spacial score (nSPS) is 11.7. The van der Waals surface area contributed by atoms with Gasteiger partial charge in [0.1, 0.15) is 5.75 Å². The van der Waals surface area contributed by atoms with Gasteiger partial charge in [-0.15, -0.1) is 0 Å². The van der Waals surface area contributed by atoms with Gasteiger partial charge in [0, 0.05) is 6.07 Å². The highest BCUT2D eigenvalue weighted by atomic mass is 16.6. The first-order valence-electron chi connectivity index (χ1n) is 5.38. The van der Waals surface area contributed by atoms with Gasteiger partial charge in [-0.1, -0.05) is 6.92 Å². The molecular weight excluding hydrogens is 238 g/mol. The summed E-state index contributed by atoms with van der Waals surface area (Å²) in [5.74, 6) is -0.134. The van der Waals surface area contributed by atoms with Crippen LogP contribution in [0.2, 0.25) is 0 Å². The first-order chi connectivity index (χ1) is 8.49. The fourth-order valence-corrected chi connectivity index (χ4v) is 1.31. The number of hydrogen-bond acceptors (Lipinski definition) is 5. The Morgan fingerprint density at radius 2 is 2.28 bits per heavy atom. The van der Waals surface area contributed by atoms with Crippen molar-refractivity contribution >= 4 is 17.3 Å². The van der Waals surface area contributed by atoms with Crippen LogP contribution in [-0.2, 0) is 4.79 Å². The predicted molar refractivity (Wildman–Crippen MR) is 66.5 cm³/mol. The van der Waals surface area contributed by atoms with Crippen LogP contribution in [0, 0.1) is 10.1 Å². The number of rotatable bonds is 5. The molecular formula is C11H15N3O4. The summed E-state index contributed by atoms with van der Waals surface area (Å²) in [6, 6.07) is 3.32. The van der Waals surface area contributed by atoms with Crippen molar-refractivity contribution in [3.63, 3.8) is 0 Å². The molecule has 98 valence electrons. The second-order valence-corrected chi connectivity index (χ2v) is 3.65. The van der Waals surface area contributed by atoms with Crippen molar-refractivity contribution in [2.24, 2.45) is 5.73 Å². The number of nitro groups is 1. The van der Waals surface area contributed by atoms with Gasteiger partial charge in [-0.05, 0) is 12.5 Å². The molecule has 0 heterocycles. The van der Waals surface area contributed by atoms with Crippen LogP contribution in [0.25, 0.3) is 0 Å². The zero-order valence-electron chi connectivity index (χ0n) is 10.2. The molecule has 0 aromatic heterocycles. The summed E-state index contributed by atoms with van der Waals surface area (Å²) in [6.07, 6.45) is 0.501. The Kier molecular flexibility index (Phi) is 4.61. The fraction of sp³-hybridized carbons (Fsp3) is 0.364. The third kappa shape index (κ3) is 3.17. The molecule has 7 nitrogen and oxygen atoms in total. The van der Waals surface area contributed by atoms with E-state index in [4.69, 9.17) is 10.5 Å². The van der Waals surface area contributed by atoms with Gasteiger partial charge >= 0.3 is 0 Å². The van der Waals surface area contributed by atoms with Gasteiger partial charge in [0.25, 0.3) is 5.69 Å². The molecule has 7 heteroatoms. The summed E-state index contributed by atoms with van der Waals surface area (Å²) < 4.78 is 4.99. The maximum atomic E-state index is 11.6. The lowest BCUT2D eigenvalue weighted by molar-refractivity contribution is -0.384. The Morgan fingerprint density at radius 3 is 2.78 bits per heavy atom. The molecule has 0 spiro atoms. The lowest BCUT2D eigenvalue weighted by Crippen LogP contribution is -2.34. The third-order valence-electron chi connectivity index (χ3n) is 2.43. The van der Waals surface area contributed by atoms with Gasteiger partial charge in [-0.25, -0.2) is 0 Å². The smallest absolute Gasteiger partial charge is 0.273 e. The number of ether oxygens (including phenoxy) is 1. The lowest BCUT2D eigenvalue weighted by atomic mass is 10.2. The minimum atomic E-state index is -0.620. The summed E-state index contributed by atoms with van der Waals surface area (Å²) in [6.45, 7) is 1.79. The van der Waals surface area contributed by atoms with E-state index in [1.54, 1.807) is 6.92 Å². The van der Waals surface area contributed by atoms with Gasteiger partial charge in [0.05, 0.1) is 29.8 Å². The number of nitro benzene ring substituents is 1. The molecule has 0 radical (unpaired) electrons. The number of anilines is 1. The molecule has 1 amide bonds. The van der Waals surface area contributed by atoms with Crippen molar-refractivity contribution in [2.75, 3.05) is 12.4 Å². The minimum absolute atomic E-state index is 0.107. The van der Waals surface area contributed by atoms with Crippen LogP contribution in [-0.4, -0.2) is 24.0 Å². The summed E-state index contributed by atoms with van der Waals surface area (Å²) in [7, 11) is 1.37. The monoisotopic (exact) mass is 253 g/mol. The highest BCUT2D eigenvalue weighted by Gasteiger charge is 2.16. The fourth-order valence-electron chi connectivity index (χ4n) is 1.31. The number of nitrogens with zero attached hydrogens (tertiary/aromatic N) is 1. The van der Waals surface area contributed by atoms with Crippen molar-refractivity contribution in [2.45, 2.75) is 19.4 Å². The molecule has 1 atom stereocenters. The standard InChI is InChI=1S/C11H15N3O4/c1-3-8(12)11(15)13-9-5-4-7(14(16)17)6-10(9)18-2/h4-6,8H,3,12H2,1-2H3,(H,13,15)/t8-/m0/s1. The van der Waals surface area contributed by atoms with E-state index < -0.39 is 11.0 Å². The average molecular weight is 253 g/mol. The van der Waals surface area contributed by atoms with E-state index in [0.29, 0.717) is 12.1 Å². The molecule has 0 aliphatic carbocycles. The van der Waals surface area contributed by atoms with Crippen LogP contribution < -0.4 is 15.8 Å². The largest absolute Gasteiger partial charge is 0.494 e. The predicted octanol–water partition coefficient (Wildman–Crippen LogP) is 1.28. The molecule has 0 fully saturated rings. The lowest BCUT2D eigenvalue weighted by Gasteiger charge is -2.12. The van der Waals surface area contributed by atoms with E-state index in [-0.39, 0.29) is 17.3 Å². The Bertz CT molecular complexity index is 462. The van der Waals surface area contributed by atoms with Gasteiger partial charge in [-0.3, -0.25) is 14.9 Å². The first kappa shape index (κ1) is 13.9. The van der Waals surface area contributed by atoms with Crippen LogP contribution in [0.15, 0.2) is 18.2 Å². The Hall–Kier alpha value is -2.15. The van der Waals surface area contributed by atoms with Crippen LogP contribution in [0.5, 0.6) is 5.75 Å². The number of benzene rings is 1. The van der Waals surface area contributed by atoms with Crippen molar-refractivity contribution in [1.29, 1.82) is 0 Å². The molecule has 0 aliphatic heterocycles. The van der Waals surface area contributed by atoms with Crippen molar-refractivity contribution in [1.82, 2.24) is 0 Å². The van der Waals surface area contributed by atoms with Crippen molar-refractivity contribution in [3.8, 4) is 5.75 Å². The second-order valence-electron chi connectivity index (χ2n) is 3.65. The second kappa shape index (κ2) is 5.97. The number of nitrogens with two attached hydrogens (primary N) is 1. The van der Waals surface area contributed by atoms with E-state index in [2.05, 4.69) is 5.32 Å². The highest BCUT2D eigenvalue weighted by Crippen LogP contribution is 2.28. The molecule has 3 N–H and O–H groups in total. The van der Waals surface area contributed by atoms with E-state index in [9.17, 15) is 14.9 Å². The van der Waals surface area contributed by atoms with E-state index in [1.165, 1.54) is 25.3 Å². The Morgan fingerprint density at radius 1 is 1.61 bits per heavy atom. The number of hydrogen-bond donors (Lipinski definition) is 2. The summed E-state index contributed by atoms with van der Waals surface area (Å²) in [4.78, 5) is 21.7. The topological polar surface area (TPSA) is 107 Å². The molecule has 1 aromatic carbocycles. The Balaban J connectivity index is 2.96. The number of carbonyl (C=O) groups excluding carboxylic acids is 1. The number of non-ortho nitro benzene ring substituents is 1. The van der Waals surface area contributed by atoms with Gasteiger partial charge in [-0.2, -0.15) is 0 Å². The minimum Gasteiger partial charge on any atom is -0.494 e. The summed E-state index contributed by atoms with van der Waals surface area (Å²) in [5, 5.41) is 13.2. The maximum absolute atomic E-state index is 11.6. The zero-order chi connectivity index (χ0) is 13.7. The van der Waals surface area contributed by atoms with Gasteiger partial charge in [0.15, 0.2) is 0 Å². The van der Waals surface area contributed by atoms with Crippen LogP contribution >= 0.6 is 0 Å². The Labute approximate surface area is 104 Å². The van der Waals surface area contributed by atoms with Crippen LogP contribution in [0.1, 0.15) is 13.3 Å². The van der Waals surface area contributed by atoms with Crippen LogP contribution in [0.3, 0.4) is 0 Å². The van der Waals surface area contributed by atoms with E-state index in [1.807, 2.05) is 0 Å². The van der Waals surface area contributed by atoms with Crippen LogP contribution in [0.4, 0.5) is 11.4 Å². The third-order valence-corrected chi connectivity index (χ3v) is 2.43. The number of methoxy groups -OCH3 is 1. The summed E-state index contributed by atoms with van der Waals surface area (Å²) in [5.41, 5.74) is 5.82. The van der Waals surface area contributed by atoms with E-state index in [0.717, 1.165) is 0 Å².